The van der Waals surface area contributed by atoms with Crippen molar-refractivity contribution in [2.75, 3.05) is 32.8 Å². The third-order valence-corrected chi connectivity index (χ3v) is 2.74. The van der Waals surface area contributed by atoms with Gasteiger partial charge in [-0.05, 0) is 6.92 Å². The second kappa shape index (κ2) is 6.20. The molecule has 0 aromatic rings. The molecule has 0 radical (unpaired) electrons. The van der Waals surface area contributed by atoms with Crippen LogP contribution in [0.15, 0.2) is 0 Å². The van der Waals surface area contributed by atoms with E-state index in [9.17, 15) is 9.90 Å². The molecule has 1 rings (SSSR count). The molecule has 1 fully saturated rings. The third-order valence-electron chi connectivity index (χ3n) is 2.74. The lowest BCUT2D eigenvalue weighted by molar-refractivity contribution is -0.126. The van der Waals surface area contributed by atoms with Gasteiger partial charge in [0.15, 0.2) is 0 Å². The lowest BCUT2D eigenvalue weighted by atomic mass is 9.98. The molecule has 15 heavy (non-hydrogen) atoms. The highest BCUT2D eigenvalue weighted by Gasteiger charge is 2.24. The Morgan fingerprint density at radius 2 is 2.40 bits per heavy atom. The summed E-state index contributed by atoms with van der Waals surface area (Å²) in [5.41, 5.74) is 0. The molecule has 1 aliphatic heterocycles. The van der Waals surface area contributed by atoms with E-state index in [0.717, 1.165) is 13.1 Å². The number of nitrogens with zero attached hydrogens (tertiary/aromatic N) is 1. The van der Waals surface area contributed by atoms with E-state index in [0.29, 0.717) is 32.0 Å². The number of ketones is 1. The van der Waals surface area contributed by atoms with Gasteiger partial charge in [-0.2, -0.15) is 0 Å². The van der Waals surface area contributed by atoms with Gasteiger partial charge in [-0.25, -0.2) is 0 Å². The number of hydrogen-bond acceptors (Lipinski definition) is 4. The fraction of sp³-hybridized carbons (Fsp3) is 0.909. The van der Waals surface area contributed by atoms with Crippen molar-refractivity contribution in [1.82, 2.24) is 4.90 Å². The Balaban J connectivity index is 2.24. The normalized spacial score (nSPS) is 25.5. The van der Waals surface area contributed by atoms with E-state index in [1.165, 1.54) is 0 Å². The lowest BCUT2D eigenvalue weighted by Gasteiger charge is -2.31. The summed E-state index contributed by atoms with van der Waals surface area (Å²) in [7, 11) is 0. The average Bonchev–Trinajstić information content (AvgIpc) is 2.20. The minimum absolute atomic E-state index is 0.109. The first kappa shape index (κ1) is 12.6. The van der Waals surface area contributed by atoms with Crippen LogP contribution in [0.1, 0.15) is 20.3 Å². The van der Waals surface area contributed by atoms with E-state index in [-0.39, 0.29) is 5.92 Å². The van der Waals surface area contributed by atoms with Crippen LogP contribution in [0.3, 0.4) is 0 Å². The van der Waals surface area contributed by atoms with Crippen molar-refractivity contribution in [3.8, 4) is 0 Å². The molecular weight excluding hydrogens is 194 g/mol. The number of aliphatic hydroxyl groups excluding tert-OH is 1. The fourth-order valence-corrected chi connectivity index (χ4v) is 1.87. The molecule has 4 heteroatoms. The molecule has 1 N–H and O–H groups in total. The second-order valence-corrected chi connectivity index (χ2v) is 4.19. The van der Waals surface area contributed by atoms with Crippen molar-refractivity contribution >= 4 is 5.78 Å². The predicted molar refractivity (Wildman–Crippen MR) is 57.7 cm³/mol. The minimum atomic E-state index is -0.439. The van der Waals surface area contributed by atoms with Crippen molar-refractivity contribution < 1.29 is 14.6 Å². The number of aliphatic hydroxyl groups is 1. The molecule has 88 valence electrons. The van der Waals surface area contributed by atoms with Gasteiger partial charge in [0.25, 0.3) is 0 Å². The van der Waals surface area contributed by atoms with Crippen LogP contribution in [0, 0.1) is 5.92 Å². The van der Waals surface area contributed by atoms with Gasteiger partial charge in [0.2, 0.25) is 0 Å². The molecule has 2 atom stereocenters. The number of Topliss-reactive ketones (excluding diaryl/α,β-unsaturated/α-hetero) is 1. The largest absolute Gasteiger partial charge is 0.389 e. The number of rotatable bonds is 5. The van der Waals surface area contributed by atoms with Crippen LogP contribution in [0.2, 0.25) is 0 Å². The zero-order valence-corrected chi connectivity index (χ0v) is 9.61. The standard InChI is InChI=1S/C11H21NO3/c1-3-15-8-10(13)7-12-5-4-11(14)9(2)6-12/h9-10,13H,3-8H2,1-2H3. The van der Waals surface area contributed by atoms with Gasteiger partial charge in [-0.15, -0.1) is 0 Å². The maximum absolute atomic E-state index is 11.3. The van der Waals surface area contributed by atoms with E-state index in [1.807, 2.05) is 13.8 Å². The Morgan fingerprint density at radius 1 is 1.67 bits per heavy atom. The number of likely N-dealkylation sites (tertiary alicyclic amines) is 1. The van der Waals surface area contributed by atoms with E-state index < -0.39 is 6.10 Å². The molecule has 0 bridgehead atoms. The van der Waals surface area contributed by atoms with E-state index in [4.69, 9.17) is 4.74 Å². The molecule has 1 saturated heterocycles. The number of piperidine rings is 1. The number of ether oxygens (including phenoxy) is 1. The van der Waals surface area contributed by atoms with Gasteiger partial charge in [0.1, 0.15) is 5.78 Å². The molecule has 1 heterocycles. The molecule has 0 spiro atoms. The van der Waals surface area contributed by atoms with E-state index >= 15 is 0 Å². The summed E-state index contributed by atoms with van der Waals surface area (Å²) in [6, 6.07) is 0. The maximum Gasteiger partial charge on any atom is 0.138 e. The predicted octanol–water partition coefficient (Wildman–Crippen LogP) is 0.295. The van der Waals surface area contributed by atoms with Crippen LogP contribution in [0.5, 0.6) is 0 Å². The van der Waals surface area contributed by atoms with Gasteiger partial charge >= 0.3 is 0 Å². The Kier molecular flexibility index (Phi) is 5.22. The Morgan fingerprint density at radius 3 is 3.00 bits per heavy atom. The minimum Gasteiger partial charge on any atom is -0.389 e. The molecule has 2 unspecified atom stereocenters. The van der Waals surface area contributed by atoms with Crippen molar-refractivity contribution in [3.63, 3.8) is 0 Å². The SMILES string of the molecule is CCOCC(O)CN1CCC(=O)C(C)C1. The highest BCUT2D eigenvalue weighted by molar-refractivity contribution is 5.81. The van der Waals surface area contributed by atoms with Crippen molar-refractivity contribution in [2.24, 2.45) is 5.92 Å². The highest BCUT2D eigenvalue weighted by Crippen LogP contribution is 2.12. The average molecular weight is 215 g/mol. The summed E-state index contributed by atoms with van der Waals surface area (Å²) in [5, 5.41) is 9.63. The fourth-order valence-electron chi connectivity index (χ4n) is 1.87. The second-order valence-electron chi connectivity index (χ2n) is 4.19. The highest BCUT2D eigenvalue weighted by atomic mass is 16.5. The van der Waals surface area contributed by atoms with E-state index in [2.05, 4.69) is 4.90 Å². The van der Waals surface area contributed by atoms with Crippen LogP contribution < -0.4 is 0 Å². The Bertz CT molecular complexity index is 208. The maximum atomic E-state index is 11.3. The Hall–Kier alpha value is -0.450. The quantitative estimate of drug-likeness (QED) is 0.716. The van der Waals surface area contributed by atoms with Crippen LogP contribution >= 0.6 is 0 Å². The summed E-state index contributed by atoms with van der Waals surface area (Å²) >= 11 is 0. The number of carbonyl (C=O) groups is 1. The molecular formula is C11H21NO3. The van der Waals surface area contributed by atoms with Crippen LogP contribution in [0.4, 0.5) is 0 Å². The molecule has 1 aliphatic rings. The van der Waals surface area contributed by atoms with Gasteiger partial charge < -0.3 is 9.84 Å². The number of β-amino-alcohol motifs (C(OH)–C–C–N with tert-alkyl or cyclic N) is 1. The van der Waals surface area contributed by atoms with Crippen LogP contribution in [-0.2, 0) is 9.53 Å². The summed E-state index contributed by atoms with van der Waals surface area (Å²) in [6.45, 7) is 7.02. The monoisotopic (exact) mass is 215 g/mol. The van der Waals surface area contributed by atoms with Gasteiger partial charge in [-0.1, -0.05) is 6.92 Å². The van der Waals surface area contributed by atoms with Gasteiger partial charge in [-0.3, -0.25) is 9.69 Å². The van der Waals surface area contributed by atoms with Crippen molar-refractivity contribution in [2.45, 2.75) is 26.4 Å². The summed E-state index contributed by atoms with van der Waals surface area (Å²) in [6.07, 6.45) is 0.174. The first-order chi connectivity index (χ1) is 7.13. The third kappa shape index (κ3) is 4.28. The van der Waals surface area contributed by atoms with Crippen molar-refractivity contribution in [1.29, 1.82) is 0 Å². The van der Waals surface area contributed by atoms with Crippen molar-refractivity contribution in [3.05, 3.63) is 0 Å². The van der Waals surface area contributed by atoms with Gasteiger partial charge in [0.05, 0.1) is 12.7 Å². The molecule has 0 aromatic carbocycles. The van der Waals surface area contributed by atoms with E-state index in [1.54, 1.807) is 0 Å². The first-order valence-electron chi connectivity index (χ1n) is 5.64. The molecule has 0 amide bonds. The molecule has 4 nitrogen and oxygen atoms in total. The number of carbonyl (C=O) groups excluding carboxylic acids is 1. The van der Waals surface area contributed by atoms with Crippen LogP contribution in [-0.4, -0.2) is 54.7 Å². The first-order valence-corrected chi connectivity index (χ1v) is 5.64. The lowest BCUT2D eigenvalue weighted by Crippen LogP contribution is -2.44. The smallest absolute Gasteiger partial charge is 0.138 e. The topological polar surface area (TPSA) is 49.8 Å². The zero-order valence-electron chi connectivity index (χ0n) is 9.61. The van der Waals surface area contributed by atoms with Crippen LogP contribution in [0.25, 0.3) is 0 Å². The zero-order chi connectivity index (χ0) is 11.3. The summed E-state index contributed by atoms with van der Waals surface area (Å²) in [5.74, 6) is 0.448. The molecule has 0 saturated carbocycles. The van der Waals surface area contributed by atoms with Gasteiger partial charge in [0, 0.05) is 38.6 Å². The number of hydrogen-bond donors (Lipinski definition) is 1. The summed E-state index contributed by atoms with van der Waals surface area (Å²) < 4.78 is 5.14. The molecule has 0 aliphatic carbocycles. The summed E-state index contributed by atoms with van der Waals surface area (Å²) in [4.78, 5) is 13.4. The molecule has 0 aromatic heterocycles. The Labute approximate surface area is 91.2 Å².